The lowest BCUT2D eigenvalue weighted by molar-refractivity contribution is -0.141. The number of benzene rings is 1. The number of hydrogen-bond donors (Lipinski definition) is 2. The number of amides is 1. The molecule has 1 fully saturated rings. The highest BCUT2D eigenvalue weighted by molar-refractivity contribution is 5.83. The summed E-state index contributed by atoms with van der Waals surface area (Å²) in [4.78, 5) is 23.3. The van der Waals surface area contributed by atoms with Gasteiger partial charge in [-0.1, -0.05) is 42.7 Å². The van der Waals surface area contributed by atoms with E-state index in [0.29, 0.717) is 18.8 Å². The number of carboxylic acids is 1. The third kappa shape index (κ3) is 4.88. The minimum absolute atomic E-state index is 0.137. The number of carbonyl (C=O) groups excluding carboxylic acids is 1. The van der Waals surface area contributed by atoms with Crippen molar-refractivity contribution in [2.24, 2.45) is 5.92 Å². The van der Waals surface area contributed by atoms with E-state index in [0.717, 1.165) is 24.0 Å². The van der Waals surface area contributed by atoms with E-state index in [2.05, 4.69) is 5.32 Å². The standard InChI is InChI=1S/C17H23NO3/c1-12-5-4-8-14(9-12)10-15(17(20)21)18-16(19)11-13-6-2-3-7-13/h4-5,8-9,13,15H,2-3,6-7,10-11H2,1H3,(H,18,19)(H,20,21)/t15-/m0/s1. The van der Waals surface area contributed by atoms with Crippen molar-refractivity contribution in [1.29, 1.82) is 0 Å². The summed E-state index contributed by atoms with van der Waals surface area (Å²) in [5, 5.41) is 12.0. The molecule has 1 aromatic rings. The molecule has 4 nitrogen and oxygen atoms in total. The van der Waals surface area contributed by atoms with Crippen LogP contribution in [0.5, 0.6) is 0 Å². The van der Waals surface area contributed by atoms with Crippen molar-refractivity contribution in [3.05, 3.63) is 35.4 Å². The van der Waals surface area contributed by atoms with Gasteiger partial charge < -0.3 is 10.4 Å². The van der Waals surface area contributed by atoms with Gasteiger partial charge in [-0.3, -0.25) is 4.79 Å². The number of nitrogens with one attached hydrogen (secondary N) is 1. The highest BCUT2D eigenvalue weighted by Crippen LogP contribution is 2.27. The average molecular weight is 289 g/mol. The van der Waals surface area contributed by atoms with Gasteiger partial charge in [0.1, 0.15) is 6.04 Å². The van der Waals surface area contributed by atoms with E-state index in [1.165, 1.54) is 12.8 Å². The molecule has 21 heavy (non-hydrogen) atoms. The summed E-state index contributed by atoms with van der Waals surface area (Å²) in [6.45, 7) is 1.97. The maximum atomic E-state index is 12.0. The van der Waals surface area contributed by atoms with Crippen LogP contribution in [-0.4, -0.2) is 23.0 Å². The van der Waals surface area contributed by atoms with Crippen LogP contribution < -0.4 is 5.32 Å². The van der Waals surface area contributed by atoms with Crippen LogP contribution >= 0.6 is 0 Å². The minimum Gasteiger partial charge on any atom is -0.480 e. The predicted octanol–water partition coefficient (Wildman–Crippen LogP) is 2.69. The zero-order valence-corrected chi connectivity index (χ0v) is 12.5. The van der Waals surface area contributed by atoms with Crippen molar-refractivity contribution in [3.63, 3.8) is 0 Å². The Morgan fingerprint density at radius 2 is 2.05 bits per heavy atom. The van der Waals surface area contributed by atoms with E-state index in [1.807, 2.05) is 31.2 Å². The van der Waals surface area contributed by atoms with Gasteiger partial charge in [0, 0.05) is 12.8 Å². The van der Waals surface area contributed by atoms with Crippen molar-refractivity contribution < 1.29 is 14.7 Å². The Kier molecular flexibility index (Phi) is 5.37. The van der Waals surface area contributed by atoms with Gasteiger partial charge in [-0.2, -0.15) is 0 Å². The van der Waals surface area contributed by atoms with Crippen molar-refractivity contribution in [1.82, 2.24) is 5.32 Å². The Hall–Kier alpha value is -1.84. The molecule has 114 valence electrons. The lowest BCUT2D eigenvalue weighted by Crippen LogP contribution is -2.42. The van der Waals surface area contributed by atoms with Gasteiger partial charge >= 0.3 is 5.97 Å². The summed E-state index contributed by atoms with van der Waals surface area (Å²) >= 11 is 0. The fourth-order valence-electron chi connectivity index (χ4n) is 3.00. The summed E-state index contributed by atoms with van der Waals surface area (Å²) in [6.07, 6.45) is 5.32. The van der Waals surface area contributed by atoms with Crippen LogP contribution in [0.1, 0.15) is 43.2 Å². The number of carbonyl (C=O) groups is 2. The van der Waals surface area contributed by atoms with Crippen molar-refractivity contribution in [2.45, 2.75) is 51.5 Å². The molecular weight excluding hydrogens is 266 g/mol. The summed E-state index contributed by atoms with van der Waals surface area (Å²) < 4.78 is 0. The van der Waals surface area contributed by atoms with E-state index in [9.17, 15) is 14.7 Å². The van der Waals surface area contributed by atoms with E-state index in [-0.39, 0.29) is 5.91 Å². The Labute approximate surface area is 125 Å². The number of rotatable bonds is 6. The number of hydrogen-bond acceptors (Lipinski definition) is 2. The molecule has 0 saturated heterocycles. The molecule has 0 spiro atoms. The molecule has 2 rings (SSSR count). The van der Waals surface area contributed by atoms with Crippen molar-refractivity contribution in [2.75, 3.05) is 0 Å². The summed E-state index contributed by atoms with van der Waals surface area (Å²) in [6, 6.07) is 6.88. The largest absolute Gasteiger partial charge is 0.480 e. The van der Waals surface area contributed by atoms with Gasteiger partial charge in [0.05, 0.1) is 0 Å². The molecule has 0 aromatic heterocycles. The van der Waals surface area contributed by atoms with Crippen LogP contribution in [-0.2, 0) is 16.0 Å². The molecule has 1 saturated carbocycles. The van der Waals surface area contributed by atoms with E-state index >= 15 is 0 Å². The van der Waals surface area contributed by atoms with E-state index < -0.39 is 12.0 Å². The maximum absolute atomic E-state index is 12.0. The van der Waals surface area contributed by atoms with Gasteiger partial charge in [-0.15, -0.1) is 0 Å². The van der Waals surface area contributed by atoms with Gasteiger partial charge in [-0.05, 0) is 31.2 Å². The minimum atomic E-state index is -0.976. The van der Waals surface area contributed by atoms with Gasteiger partial charge in [-0.25, -0.2) is 4.79 Å². The van der Waals surface area contributed by atoms with Crippen molar-refractivity contribution >= 4 is 11.9 Å². The fraction of sp³-hybridized carbons (Fsp3) is 0.529. The normalized spacial score (nSPS) is 16.6. The smallest absolute Gasteiger partial charge is 0.326 e. The quantitative estimate of drug-likeness (QED) is 0.846. The molecule has 1 aliphatic carbocycles. The second-order valence-corrected chi connectivity index (χ2v) is 6.01. The molecule has 0 radical (unpaired) electrons. The second kappa shape index (κ2) is 7.25. The lowest BCUT2D eigenvalue weighted by Gasteiger charge is -2.16. The Bertz CT molecular complexity index is 507. The third-order valence-electron chi connectivity index (χ3n) is 4.10. The topological polar surface area (TPSA) is 66.4 Å². The Balaban J connectivity index is 1.92. The third-order valence-corrected chi connectivity index (χ3v) is 4.10. The molecule has 2 N–H and O–H groups in total. The van der Waals surface area contributed by atoms with E-state index in [1.54, 1.807) is 0 Å². The monoisotopic (exact) mass is 289 g/mol. The Morgan fingerprint density at radius 3 is 2.67 bits per heavy atom. The first-order chi connectivity index (χ1) is 10.0. The molecule has 1 aromatic carbocycles. The maximum Gasteiger partial charge on any atom is 0.326 e. The summed E-state index contributed by atoms with van der Waals surface area (Å²) in [7, 11) is 0. The average Bonchev–Trinajstić information content (AvgIpc) is 2.90. The zero-order chi connectivity index (χ0) is 15.2. The fourth-order valence-corrected chi connectivity index (χ4v) is 3.00. The number of carboxylic acid groups (broad SMARTS) is 1. The molecule has 0 heterocycles. The highest BCUT2D eigenvalue weighted by atomic mass is 16.4. The van der Waals surface area contributed by atoms with Crippen LogP contribution in [0.15, 0.2) is 24.3 Å². The first kappa shape index (κ1) is 15.5. The van der Waals surface area contributed by atoms with Crippen LogP contribution in [0.25, 0.3) is 0 Å². The molecule has 1 amide bonds. The predicted molar refractivity (Wildman–Crippen MR) is 81.0 cm³/mol. The Morgan fingerprint density at radius 1 is 1.33 bits per heavy atom. The number of aryl methyl sites for hydroxylation is 1. The van der Waals surface area contributed by atoms with Gasteiger partial charge in [0.15, 0.2) is 0 Å². The number of aliphatic carboxylic acids is 1. The second-order valence-electron chi connectivity index (χ2n) is 6.01. The molecule has 4 heteroatoms. The lowest BCUT2D eigenvalue weighted by atomic mass is 10.0. The van der Waals surface area contributed by atoms with Crippen LogP contribution in [0.2, 0.25) is 0 Å². The molecule has 0 aliphatic heterocycles. The van der Waals surface area contributed by atoms with Crippen molar-refractivity contribution in [3.8, 4) is 0 Å². The van der Waals surface area contributed by atoms with Crippen LogP contribution in [0, 0.1) is 12.8 Å². The highest BCUT2D eigenvalue weighted by Gasteiger charge is 2.23. The molecule has 0 bridgehead atoms. The van der Waals surface area contributed by atoms with Crippen LogP contribution in [0.4, 0.5) is 0 Å². The molecule has 0 unspecified atom stereocenters. The van der Waals surface area contributed by atoms with Gasteiger partial charge in [0.2, 0.25) is 5.91 Å². The summed E-state index contributed by atoms with van der Waals surface area (Å²) in [5.74, 6) is -0.684. The van der Waals surface area contributed by atoms with Crippen LogP contribution in [0.3, 0.4) is 0 Å². The van der Waals surface area contributed by atoms with Gasteiger partial charge in [0.25, 0.3) is 0 Å². The molecular formula is C17H23NO3. The van der Waals surface area contributed by atoms with E-state index in [4.69, 9.17) is 0 Å². The first-order valence-corrected chi connectivity index (χ1v) is 7.62. The zero-order valence-electron chi connectivity index (χ0n) is 12.5. The SMILES string of the molecule is Cc1cccc(C[C@H](NC(=O)CC2CCCC2)C(=O)O)c1. The summed E-state index contributed by atoms with van der Waals surface area (Å²) in [5.41, 5.74) is 2.03. The molecule has 1 aliphatic rings. The first-order valence-electron chi connectivity index (χ1n) is 7.62. The molecule has 1 atom stereocenters.